The molecule has 0 saturated carbocycles. The van der Waals surface area contributed by atoms with Gasteiger partial charge in [0.1, 0.15) is 6.54 Å². The van der Waals surface area contributed by atoms with Crippen LogP contribution in [0.1, 0.15) is 12.5 Å². The molecule has 1 radical (unpaired) electrons. The minimum absolute atomic E-state index is 0.189. The summed E-state index contributed by atoms with van der Waals surface area (Å²) >= 11 is 0. The zero-order valence-electron chi connectivity index (χ0n) is 9.63. The molecule has 0 bridgehead atoms. The van der Waals surface area contributed by atoms with Gasteiger partial charge in [-0.3, -0.25) is 14.4 Å². The standard InChI is InChI=1S/C13H14NO3/c1-2-17-14(10-11-15)13(16)9-8-12-6-4-3-5-7-12/h3-9H,2,10H2,1H3/b9-8+. The lowest BCUT2D eigenvalue weighted by Gasteiger charge is -2.15. The molecule has 1 rings (SSSR count). The van der Waals surface area contributed by atoms with Crippen molar-refractivity contribution in [1.29, 1.82) is 0 Å². The fourth-order valence-electron chi connectivity index (χ4n) is 1.22. The summed E-state index contributed by atoms with van der Waals surface area (Å²) in [5.41, 5.74) is 0.910. The van der Waals surface area contributed by atoms with E-state index < -0.39 is 0 Å². The van der Waals surface area contributed by atoms with Gasteiger partial charge in [0.15, 0.2) is 0 Å². The number of nitrogens with zero attached hydrogens (tertiary/aromatic N) is 1. The highest BCUT2D eigenvalue weighted by molar-refractivity contribution is 5.92. The minimum Gasteiger partial charge on any atom is -0.289 e. The van der Waals surface area contributed by atoms with Crippen molar-refractivity contribution in [3.63, 3.8) is 0 Å². The van der Waals surface area contributed by atoms with Crippen LogP contribution in [0, 0.1) is 0 Å². The first-order chi connectivity index (χ1) is 8.27. The maximum atomic E-state index is 11.6. The van der Waals surface area contributed by atoms with Gasteiger partial charge in [-0.05, 0) is 18.6 Å². The van der Waals surface area contributed by atoms with Crippen molar-refractivity contribution < 1.29 is 14.4 Å². The Morgan fingerprint density at radius 2 is 2.12 bits per heavy atom. The fourth-order valence-corrected chi connectivity index (χ4v) is 1.22. The molecule has 0 aliphatic rings. The summed E-state index contributed by atoms with van der Waals surface area (Å²) in [6.45, 7) is 1.88. The highest BCUT2D eigenvalue weighted by Gasteiger charge is 2.09. The Kier molecular flexibility index (Phi) is 5.68. The summed E-state index contributed by atoms with van der Waals surface area (Å²) in [6, 6.07) is 9.40. The van der Waals surface area contributed by atoms with E-state index in [9.17, 15) is 9.59 Å². The molecule has 0 aliphatic heterocycles. The van der Waals surface area contributed by atoms with E-state index in [0.29, 0.717) is 6.61 Å². The van der Waals surface area contributed by atoms with Crippen molar-refractivity contribution >= 4 is 18.3 Å². The van der Waals surface area contributed by atoms with Gasteiger partial charge in [0, 0.05) is 6.08 Å². The smallest absolute Gasteiger partial charge is 0.270 e. The fraction of sp³-hybridized carbons (Fsp3) is 0.231. The van der Waals surface area contributed by atoms with Gasteiger partial charge in [0.2, 0.25) is 6.29 Å². The lowest BCUT2D eigenvalue weighted by atomic mass is 10.2. The molecule has 0 unspecified atom stereocenters. The van der Waals surface area contributed by atoms with Gasteiger partial charge in [-0.15, -0.1) is 0 Å². The Hall–Kier alpha value is -1.94. The van der Waals surface area contributed by atoms with Crippen LogP contribution in [-0.2, 0) is 14.4 Å². The van der Waals surface area contributed by atoms with E-state index in [2.05, 4.69) is 0 Å². The summed E-state index contributed by atoms with van der Waals surface area (Å²) in [4.78, 5) is 26.9. The average molecular weight is 232 g/mol. The number of rotatable bonds is 6. The third-order valence-corrected chi connectivity index (χ3v) is 1.96. The van der Waals surface area contributed by atoms with E-state index in [4.69, 9.17) is 4.84 Å². The molecule has 0 atom stereocenters. The van der Waals surface area contributed by atoms with Crippen molar-refractivity contribution in [2.45, 2.75) is 6.92 Å². The monoisotopic (exact) mass is 232 g/mol. The van der Waals surface area contributed by atoms with E-state index in [1.54, 1.807) is 19.3 Å². The number of amides is 1. The Balaban J connectivity index is 2.63. The Bertz CT molecular complexity index is 387. The van der Waals surface area contributed by atoms with Crippen molar-refractivity contribution in [1.82, 2.24) is 5.06 Å². The van der Waals surface area contributed by atoms with E-state index in [1.165, 1.54) is 6.08 Å². The van der Waals surface area contributed by atoms with Crippen LogP contribution >= 0.6 is 0 Å². The number of hydroxylamine groups is 2. The predicted octanol–water partition coefficient (Wildman–Crippen LogP) is 1.59. The second-order valence-corrected chi connectivity index (χ2v) is 3.18. The van der Waals surface area contributed by atoms with Gasteiger partial charge >= 0.3 is 0 Å². The van der Waals surface area contributed by atoms with E-state index >= 15 is 0 Å². The van der Waals surface area contributed by atoms with Crippen molar-refractivity contribution in [3.05, 3.63) is 42.0 Å². The summed E-state index contributed by atoms with van der Waals surface area (Å²) in [5.74, 6) is -0.376. The van der Waals surface area contributed by atoms with Gasteiger partial charge in [0.05, 0.1) is 6.61 Å². The lowest BCUT2D eigenvalue weighted by molar-refractivity contribution is -0.174. The molecule has 1 amide bonds. The normalized spacial score (nSPS) is 10.4. The number of carbonyl (C=O) groups is 1. The highest BCUT2D eigenvalue weighted by atomic mass is 16.7. The average Bonchev–Trinajstić information content (AvgIpc) is 2.37. The highest BCUT2D eigenvalue weighted by Crippen LogP contribution is 2.02. The summed E-state index contributed by atoms with van der Waals surface area (Å²) in [6.07, 6.45) is 4.66. The first-order valence-electron chi connectivity index (χ1n) is 5.30. The number of hydrogen-bond acceptors (Lipinski definition) is 3. The Morgan fingerprint density at radius 3 is 2.71 bits per heavy atom. The van der Waals surface area contributed by atoms with Crippen LogP contribution in [0.15, 0.2) is 36.4 Å². The zero-order valence-corrected chi connectivity index (χ0v) is 9.63. The summed E-state index contributed by atoms with van der Waals surface area (Å²) < 4.78 is 0. The molecule has 0 aromatic heterocycles. The molecule has 89 valence electrons. The van der Waals surface area contributed by atoms with E-state index in [-0.39, 0.29) is 12.5 Å². The molecular formula is C13H14NO3. The van der Waals surface area contributed by atoms with E-state index in [1.807, 2.05) is 30.3 Å². The molecule has 0 heterocycles. The topological polar surface area (TPSA) is 46.6 Å². The third kappa shape index (κ3) is 4.61. The van der Waals surface area contributed by atoms with Gasteiger partial charge in [-0.25, -0.2) is 5.06 Å². The number of carbonyl (C=O) groups excluding carboxylic acids is 2. The molecule has 0 fully saturated rings. The largest absolute Gasteiger partial charge is 0.289 e. The molecule has 0 saturated heterocycles. The number of benzene rings is 1. The first-order valence-corrected chi connectivity index (χ1v) is 5.30. The molecule has 17 heavy (non-hydrogen) atoms. The quantitative estimate of drug-likeness (QED) is 0.552. The van der Waals surface area contributed by atoms with Crippen LogP contribution < -0.4 is 0 Å². The van der Waals surface area contributed by atoms with Crippen LogP contribution in [-0.4, -0.2) is 30.4 Å². The van der Waals surface area contributed by atoms with Crippen LogP contribution in [0.4, 0.5) is 0 Å². The lowest BCUT2D eigenvalue weighted by Crippen LogP contribution is -2.31. The molecular weight excluding hydrogens is 218 g/mol. The summed E-state index contributed by atoms with van der Waals surface area (Å²) in [5, 5.41) is 0.979. The predicted molar refractivity (Wildman–Crippen MR) is 64.5 cm³/mol. The van der Waals surface area contributed by atoms with Crippen molar-refractivity contribution in [3.8, 4) is 0 Å². The van der Waals surface area contributed by atoms with Crippen LogP contribution in [0.25, 0.3) is 6.08 Å². The molecule has 0 N–H and O–H groups in total. The van der Waals surface area contributed by atoms with Crippen LogP contribution in [0.3, 0.4) is 0 Å². The third-order valence-electron chi connectivity index (χ3n) is 1.96. The van der Waals surface area contributed by atoms with Gasteiger partial charge < -0.3 is 0 Å². The van der Waals surface area contributed by atoms with Crippen LogP contribution in [0.2, 0.25) is 0 Å². The minimum atomic E-state index is -0.376. The molecule has 4 nitrogen and oxygen atoms in total. The van der Waals surface area contributed by atoms with Gasteiger partial charge in [-0.1, -0.05) is 30.3 Å². The maximum absolute atomic E-state index is 11.6. The first kappa shape index (κ1) is 13.1. The molecule has 0 spiro atoms. The Morgan fingerprint density at radius 1 is 1.41 bits per heavy atom. The summed E-state index contributed by atoms with van der Waals surface area (Å²) in [7, 11) is 0. The van der Waals surface area contributed by atoms with Crippen molar-refractivity contribution in [2.24, 2.45) is 0 Å². The van der Waals surface area contributed by atoms with Crippen LogP contribution in [0.5, 0.6) is 0 Å². The second-order valence-electron chi connectivity index (χ2n) is 3.18. The van der Waals surface area contributed by atoms with Crippen molar-refractivity contribution in [2.75, 3.05) is 13.2 Å². The Labute approximate surface area is 100 Å². The molecule has 4 heteroatoms. The number of hydrogen-bond donors (Lipinski definition) is 0. The van der Waals surface area contributed by atoms with Gasteiger partial charge in [-0.2, -0.15) is 0 Å². The molecule has 0 aliphatic carbocycles. The SMILES string of the molecule is CCON(C[C]=O)C(=O)/C=C/c1ccccc1. The zero-order chi connectivity index (χ0) is 12.5. The molecule has 1 aromatic carbocycles. The second kappa shape index (κ2) is 7.35. The van der Waals surface area contributed by atoms with E-state index in [0.717, 1.165) is 10.6 Å². The van der Waals surface area contributed by atoms with Gasteiger partial charge in [0.25, 0.3) is 5.91 Å². The molecule has 1 aromatic rings. The maximum Gasteiger partial charge on any atom is 0.270 e.